The third-order valence-electron chi connectivity index (χ3n) is 6.60. The van der Waals surface area contributed by atoms with E-state index < -0.39 is 10.0 Å². The number of likely N-dealkylation sites (tertiary alicyclic amines) is 1. The molecule has 6 nitrogen and oxygen atoms in total. The van der Waals surface area contributed by atoms with E-state index in [9.17, 15) is 13.2 Å². The molecule has 31 heavy (non-hydrogen) atoms. The molecule has 2 fully saturated rings. The van der Waals surface area contributed by atoms with Gasteiger partial charge >= 0.3 is 0 Å². The number of benzene rings is 1. The number of carbonyl (C=O) groups is 1. The van der Waals surface area contributed by atoms with Crippen molar-refractivity contribution >= 4 is 31.9 Å². The smallest absolute Gasteiger partial charge is 0.223 e. The van der Waals surface area contributed by atoms with Crippen molar-refractivity contribution in [2.45, 2.75) is 63.7 Å². The van der Waals surface area contributed by atoms with E-state index >= 15 is 0 Å². The first kappa shape index (κ1) is 24.7. The van der Waals surface area contributed by atoms with Crippen LogP contribution >= 0.6 is 15.9 Å². The number of hydrogen-bond acceptors (Lipinski definition) is 4. The van der Waals surface area contributed by atoms with Gasteiger partial charge in [0.25, 0.3) is 0 Å². The number of piperidine rings is 2. The number of rotatable bonds is 9. The number of amides is 1. The summed E-state index contributed by atoms with van der Waals surface area (Å²) in [6.45, 7) is 6.02. The highest BCUT2D eigenvalue weighted by molar-refractivity contribution is 9.10. The van der Waals surface area contributed by atoms with Crippen molar-refractivity contribution in [3.63, 3.8) is 0 Å². The minimum Gasteiger partial charge on any atom is -0.356 e. The van der Waals surface area contributed by atoms with Gasteiger partial charge in [0, 0.05) is 42.6 Å². The maximum Gasteiger partial charge on any atom is 0.223 e. The molecule has 2 aliphatic heterocycles. The molecule has 1 N–H and O–H groups in total. The van der Waals surface area contributed by atoms with Crippen LogP contribution in [0.5, 0.6) is 0 Å². The fourth-order valence-electron chi connectivity index (χ4n) is 4.78. The third-order valence-corrected chi connectivity index (χ3v) is 8.94. The molecule has 0 bridgehead atoms. The summed E-state index contributed by atoms with van der Waals surface area (Å²) < 4.78 is 27.9. The Morgan fingerprint density at radius 3 is 2.65 bits per heavy atom. The molecule has 1 amide bonds. The lowest BCUT2D eigenvalue weighted by Gasteiger charge is -2.35. The standard InChI is InChI=1S/C23H36BrN3O3S/c1-2-22-9-3-4-13-26(22)14-6-12-25-23(28)20-10-15-27(16-11-20)31(29,30)18-19-7-5-8-21(24)17-19/h5,7-8,17,20,22H,2-4,6,9-16,18H2,1H3,(H,25,28)/t22-/m0/s1. The predicted molar refractivity (Wildman–Crippen MR) is 128 cm³/mol. The van der Waals surface area contributed by atoms with Gasteiger partial charge in [0.15, 0.2) is 0 Å². The van der Waals surface area contributed by atoms with Crippen molar-refractivity contribution in [3.8, 4) is 0 Å². The minimum absolute atomic E-state index is 0.00143. The maximum absolute atomic E-state index is 12.8. The average Bonchev–Trinajstić information content (AvgIpc) is 2.76. The highest BCUT2D eigenvalue weighted by Crippen LogP contribution is 2.23. The number of nitrogens with one attached hydrogen (secondary N) is 1. The van der Waals surface area contributed by atoms with Gasteiger partial charge < -0.3 is 10.2 Å². The summed E-state index contributed by atoms with van der Waals surface area (Å²) in [5.74, 6) is -0.0103. The van der Waals surface area contributed by atoms with Gasteiger partial charge in [0.05, 0.1) is 5.75 Å². The van der Waals surface area contributed by atoms with Gasteiger partial charge in [-0.15, -0.1) is 0 Å². The first-order valence-corrected chi connectivity index (χ1v) is 14.0. The van der Waals surface area contributed by atoms with Crippen LogP contribution in [0.3, 0.4) is 0 Å². The average molecular weight is 515 g/mol. The van der Waals surface area contributed by atoms with E-state index in [0.717, 1.165) is 23.0 Å². The summed E-state index contributed by atoms with van der Waals surface area (Å²) in [5.41, 5.74) is 0.772. The highest BCUT2D eigenvalue weighted by Gasteiger charge is 2.31. The summed E-state index contributed by atoms with van der Waals surface area (Å²) in [6, 6.07) is 8.10. The molecule has 174 valence electrons. The summed E-state index contributed by atoms with van der Waals surface area (Å²) in [7, 11) is -3.37. The second-order valence-electron chi connectivity index (χ2n) is 8.80. The molecule has 3 rings (SSSR count). The van der Waals surface area contributed by atoms with Gasteiger partial charge in [-0.2, -0.15) is 0 Å². The first-order chi connectivity index (χ1) is 14.9. The van der Waals surface area contributed by atoms with Gasteiger partial charge in [0.2, 0.25) is 15.9 Å². The molecule has 0 radical (unpaired) electrons. The second kappa shape index (κ2) is 11.8. The molecule has 2 heterocycles. The molecule has 0 saturated carbocycles. The number of nitrogens with zero attached hydrogens (tertiary/aromatic N) is 2. The molecular weight excluding hydrogens is 478 g/mol. The lowest BCUT2D eigenvalue weighted by molar-refractivity contribution is -0.126. The normalized spacial score (nSPS) is 21.8. The highest BCUT2D eigenvalue weighted by atomic mass is 79.9. The number of halogens is 1. The lowest BCUT2D eigenvalue weighted by Crippen LogP contribution is -2.44. The van der Waals surface area contributed by atoms with E-state index in [0.29, 0.717) is 38.5 Å². The van der Waals surface area contributed by atoms with Gasteiger partial charge in [-0.05, 0) is 62.8 Å². The molecule has 1 aromatic rings. The molecular formula is C23H36BrN3O3S. The van der Waals surface area contributed by atoms with E-state index in [1.165, 1.54) is 32.2 Å². The Morgan fingerprint density at radius 1 is 1.16 bits per heavy atom. The summed E-state index contributed by atoms with van der Waals surface area (Å²) in [4.78, 5) is 15.1. The zero-order valence-corrected chi connectivity index (χ0v) is 21.0. The first-order valence-electron chi connectivity index (χ1n) is 11.6. The van der Waals surface area contributed by atoms with Crippen LogP contribution in [0.2, 0.25) is 0 Å². The van der Waals surface area contributed by atoms with Gasteiger partial charge in [-0.3, -0.25) is 4.79 Å². The molecule has 8 heteroatoms. The Labute approximate surface area is 195 Å². The maximum atomic E-state index is 12.8. The summed E-state index contributed by atoms with van der Waals surface area (Å²) in [5, 5.41) is 3.09. The Balaban J connectivity index is 1.38. The number of hydrogen-bond donors (Lipinski definition) is 1. The van der Waals surface area contributed by atoms with Crippen LogP contribution in [-0.2, 0) is 20.6 Å². The molecule has 1 atom stereocenters. The van der Waals surface area contributed by atoms with E-state index in [-0.39, 0.29) is 17.6 Å². The van der Waals surface area contributed by atoms with Crippen molar-refractivity contribution in [2.75, 3.05) is 32.7 Å². The van der Waals surface area contributed by atoms with Gasteiger partial charge in [-0.25, -0.2) is 12.7 Å². The van der Waals surface area contributed by atoms with E-state index in [1.807, 2.05) is 24.3 Å². The molecule has 0 unspecified atom stereocenters. The van der Waals surface area contributed by atoms with Crippen LogP contribution in [0.15, 0.2) is 28.7 Å². The zero-order valence-electron chi connectivity index (χ0n) is 18.6. The summed E-state index contributed by atoms with van der Waals surface area (Å²) >= 11 is 3.39. The Morgan fingerprint density at radius 2 is 1.94 bits per heavy atom. The summed E-state index contributed by atoms with van der Waals surface area (Å²) in [6.07, 6.45) is 7.28. The largest absolute Gasteiger partial charge is 0.356 e. The monoisotopic (exact) mass is 513 g/mol. The minimum atomic E-state index is -3.37. The van der Waals surface area contributed by atoms with Crippen LogP contribution in [0.25, 0.3) is 0 Å². The van der Waals surface area contributed by atoms with Gasteiger partial charge in [0.1, 0.15) is 0 Å². The van der Waals surface area contributed by atoms with Gasteiger partial charge in [-0.1, -0.05) is 41.4 Å². The van der Waals surface area contributed by atoms with E-state index in [2.05, 4.69) is 33.1 Å². The van der Waals surface area contributed by atoms with E-state index in [4.69, 9.17) is 0 Å². The molecule has 2 saturated heterocycles. The second-order valence-corrected chi connectivity index (χ2v) is 11.7. The fourth-order valence-corrected chi connectivity index (χ4v) is 6.78. The van der Waals surface area contributed by atoms with Crippen LogP contribution in [0.1, 0.15) is 57.4 Å². The molecule has 0 spiro atoms. The SMILES string of the molecule is CC[C@H]1CCCCN1CCCNC(=O)C1CCN(S(=O)(=O)Cc2cccc(Br)c2)CC1. The van der Waals surface area contributed by atoms with Crippen molar-refractivity contribution < 1.29 is 13.2 Å². The lowest BCUT2D eigenvalue weighted by atomic mass is 9.97. The van der Waals surface area contributed by atoms with Crippen molar-refractivity contribution in [3.05, 3.63) is 34.3 Å². The van der Waals surface area contributed by atoms with Crippen molar-refractivity contribution in [1.82, 2.24) is 14.5 Å². The van der Waals surface area contributed by atoms with Crippen molar-refractivity contribution in [2.24, 2.45) is 5.92 Å². The zero-order chi connectivity index (χ0) is 22.3. The molecule has 0 aromatic heterocycles. The van der Waals surface area contributed by atoms with Crippen LogP contribution < -0.4 is 5.32 Å². The number of sulfonamides is 1. The Hall–Kier alpha value is -0.960. The Bertz CT molecular complexity index is 825. The van der Waals surface area contributed by atoms with Crippen LogP contribution in [0.4, 0.5) is 0 Å². The molecule has 1 aromatic carbocycles. The number of carbonyl (C=O) groups excluding carboxylic acids is 1. The predicted octanol–water partition coefficient (Wildman–Crippen LogP) is 3.76. The quantitative estimate of drug-likeness (QED) is 0.510. The third kappa shape index (κ3) is 7.27. The van der Waals surface area contributed by atoms with Crippen LogP contribution in [-0.4, -0.2) is 62.3 Å². The Kier molecular flexibility index (Phi) is 9.37. The van der Waals surface area contributed by atoms with Crippen molar-refractivity contribution in [1.29, 1.82) is 0 Å². The molecule has 2 aliphatic rings. The fraction of sp³-hybridized carbons (Fsp3) is 0.696. The van der Waals surface area contributed by atoms with E-state index in [1.54, 1.807) is 4.31 Å². The molecule has 0 aliphatic carbocycles. The van der Waals surface area contributed by atoms with Crippen LogP contribution in [0, 0.1) is 5.92 Å². The topological polar surface area (TPSA) is 69.7 Å².